The molecule has 1 unspecified atom stereocenters. The predicted octanol–water partition coefficient (Wildman–Crippen LogP) is 1.34. The molecule has 23 heavy (non-hydrogen) atoms. The fourth-order valence-corrected chi connectivity index (χ4v) is 3.37. The van der Waals surface area contributed by atoms with E-state index in [2.05, 4.69) is 20.5 Å². The number of H-pyrrole nitrogens is 1. The van der Waals surface area contributed by atoms with Gasteiger partial charge in [-0.15, -0.1) is 11.3 Å². The maximum Gasteiger partial charge on any atom is 0.356 e. The molecule has 0 bridgehead atoms. The van der Waals surface area contributed by atoms with E-state index in [1.807, 2.05) is 11.8 Å². The summed E-state index contributed by atoms with van der Waals surface area (Å²) in [5.41, 5.74) is 1.55. The second-order valence-corrected chi connectivity index (χ2v) is 6.20. The van der Waals surface area contributed by atoms with Crippen LogP contribution in [0.4, 0.5) is 5.13 Å². The second-order valence-electron chi connectivity index (χ2n) is 5.31. The summed E-state index contributed by atoms with van der Waals surface area (Å²) in [7, 11) is 0. The van der Waals surface area contributed by atoms with Crippen LogP contribution in [-0.4, -0.2) is 49.7 Å². The molecule has 0 fully saturated rings. The van der Waals surface area contributed by atoms with Gasteiger partial charge in [0.1, 0.15) is 0 Å². The van der Waals surface area contributed by atoms with Crippen LogP contribution in [0.5, 0.6) is 0 Å². The average molecular weight is 335 g/mol. The Morgan fingerprint density at radius 1 is 1.57 bits per heavy atom. The molecule has 3 N–H and O–H groups in total. The van der Waals surface area contributed by atoms with Crippen molar-refractivity contribution in [3.8, 4) is 0 Å². The Bertz CT molecular complexity index is 712. The van der Waals surface area contributed by atoms with Gasteiger partial charge in [-0.3, -0.25) is 14.8 Å². The minimum absolute atomic E-state index is 0.0416. The maximum absolute atomic E-state index is 12.5. The van der Waals surface area contributed by atoms with Crippen molar-refractivity contribution in [2.24, 2.45) is 0 Å². The first-order chi connectivity index (χ1) is 11.1. The van der Waals surface area contributed by atoms with E-state index in [0.717, 1.165) is 5.69 Å². The van der Waals surface area contributed by atoms with E-state index in [9.17, 15) is 14.7 Å². The molecule has 2 aromatic heterocycles. The summed E-state index contributed by atoms with van der Waals surface area (Å²) in [5, 5.41) is 21.0. The SMILES string of the molecule is CCC(C(=O)Nc1nccs1)N1CCc2[nH]nc(C(=O)O)c2C1. The Morgan fingerprint density at radius 2 is 2.39 bits per heavy atom. The molecule has 122 valence electrons. The highest BCUT2D eigenvalue weighted by Gasteiger charge is 2.31. The van der Waals surface area contributed by atoms with E-state index < -0.39 is 5.97 Å². The molecule has 1 amide bonds. The molecule has 0 saturated carbocycles. The highest BCUT2D eigenvalue weighted by Crippen LogP contribution is 2.23. The van der Waals surface area contributed by atoms with Crippen molar-refractivity contribution >= 4 is 28.3 Å². The molecule has 3 heterocycles. The lowest BCUT2D eigenvalue weighted by atomic mass is 10.0. The molecule has 1 atom stereocenters. The van der Waals surface area contributed by atoms with Crippen LogP contribution < -0.4 is 5.32 Å². The zero-order valence-electron chi connectivity index (χ0n) is 12.6. The van der Waals surface area contributed by atoms with Crippen LogP contribution in [0.3, 0.4) is 0 Å². The Hall–Kier alpha value is -2.26. The van der Waals surface area contributed by atoms with Crippen molar-refractivity contribution < 1.29 is 14.7 Å². The quantitative estimate of drug-likeness (QED) is 0.760. The predicted molar refractivity (Wildman–Crippen MR) is 84.5 cm³/mol. The topological polar surface area (TPSA) is 111 Å². The number of aromatic nitrogens is 3. The van der Waals surface area contributed by atoms with Gasteiger partial charge >= 0.3 is 5.97 Å². The normalized spacial score (nSPS) is 15.9. The lowest BCUT2D eigenvalue weighted by Gasteiger charge is -2.32. The average Bonchev–Trinajstić information content (AvgIpc) is 3.16. The van der Waals surface area contributed by atoms with Crippen molar-refractivity contribution in [3.05, 3.63) is 28.5 Å². The number of nitrogens with one attached hydrogen (secondary N) is 2. The summed E-state index contributed by atoms with van der Waals surface area (Å²) < 4.78 is 0. The number of aromatic carboxylic acids is 1. The number of carbonyl (C=O) groups excluding carboxylic acids is 1. The standard InChI is InChI=1S/C14H17N5O3S/c1-2-10(12(20)16-14-15-4-6-23-14)19-5-3-9-8(7-19)11(13(21)22)18-17-9/h4,6,10H,2-3,5,7H2,1H3,(H,17,18)(H,21,22)(H,15,16,20). The van der Waals surface area contributed by atoms with Gasteiger partial charge in [-0.2, -0.15) is 5.10 Å². The molecule has 0 aromatic carbocycles. The molecule has 0 spiro atoms. The van der Waals surface area contributed by atoms with Crippen LogP contribution in [0.1, 0.15) is 35.1 Å². The van der Waals surface area contributed by atoms with Crippen molar-refractivity contribution in [2.75, 3.05) is 11.9 Å². The third kappa shape index (κ3) is 3.10. The number of amides is 1. The number of carboxylic acid groups (broad SMARTS) is 1. The number of nitrogens with zero attached hydrogens (tertiary/aromatic N) is 3. The number of carboxylic acids is 1. The van der Waals surface area contributed by atoms with E-state index >= 15 is 0 Å². The Balaban J connectivity index is 1.76. The molecule has 1 aliphatic heterocycles. The molecule has 3 rings (SSSR count). The molecular formula is C14H17N5O3S. The summed E-state index contributed by atoms with van der Waals surface area (Å²) in [6.07, 6.45) is 2.92. The Morgan fingerprint density at radius 3 is 3.04 bits per heavy atom. The first-order valence-corrected chi connectivity index (χ1v) is 8.22. The number of rotatable bonds is 5. The first kappa shape index (κ1) is 15.6. The monoisotopic (exact) mass is 335 g/mol. The lowest BCUT2D eigenvalue weighted by Crippen LogP contribution is -2.46. The minimum atomic E-state index is -1.05. The summed E-state index contributed by atoms with van der Waals surface area (Å²) in [6.45, 7) is 3.02. The zero-order valence-corrected chi connectivity index (χ0v) is 13.4. The number of hydrogen-bond acceptors (Lipinski definition) is 6. The number of carbonyl (C=O) groups is 2. The molecule has 0 saturated heterocycles. The van der Waals surface area contributed by atoms with E-state index in [1.54, 1.807) is 11.6 Å². The molecule has 1 aliphatic rings. The number of hydrogen-bond donors (Lipinski definition) is 3. The fraction of sp³-hybridized carbons (Fsp3) is 0.429. The van der Waals surface area contributed by atoms with Gasteiger partial charge < -0.3 is 10.4 Å². The zero-order chi connectivity index (χ0) is 16.4. The third-order valence-electron chi connectivity index (χ3n) is 3.96. The van der Waals surface area contributed by atoms with Crippen LogP contribution in [0.2, 0.25) is 0 Å². The van der Waals surface area contributed by atoms with Crippen molar-refractivity contribution in [1.82, 2.24) is 20.1 Å². The molecule has 0 radical (unpaired) electrons. The van der Waals surface area contributed by atoms with Gasteiger partial charge in [0.2, 0.25) is 5.91 Å². The maximum atomic E-state index is 12.5. The highest BCUT2D eigenvalue weighted by atomic mass is 32.1. The molecule has 9 heteroatoms. The van der Waals surface area contributed by atoms with Gasteiger partial charge in [0.05, 0.1) is 6.04 Å². The third-order valence-corrected chi connectivity index (χ3v) is 4.65. The second kappa shape index (κ2) is 6.47. The number of aromatic amines is 1. The van der Waals surface area contributed by atoms with Gasteiger partial charge in [0.25, 0.3) is 0 Å². The van der Waals surface area contributed by atoms with Gasteiger partial charge in [0.15, 0.2) is 10.8 Å². The number of thiazole rings is 1. The van der Waals surface area contributed by atoms with Gasteiger partial charge in [-0.1, -0.05) is 6.92 Å². The lowest BCUT2D eigenvalue weighted by molar-refractivity contribution is -0.121. The van der Waals surface area contributed by atoms with Crippen LogP contribution in [0.25, 0.3) is 0 Å². The van der Waals surface area contributed by atoms with Gasteiger partial charge in [-0.05, 0) is 6.42 Å². The molecular weight excluding hydrogens is 318 g/mol. The molecule has 2 aromatic rings. The summed E-state index contributed by atoms with van der Waals surface area (Å²) in [5.74, 6) is -1.17. The Kier molecular flexibility index (Phi) is 4.39. The van der Waals surface area contributed by atoms with Gasteiger partial charge in [-0.25, -0.2) is 9.78 Å². The van der Waals surface area contributed by atoms with Crippen molar-refractivity contribution in [1.29, 1.82) is 0 Å². The highest BCUT2D eigenvalue weighted by molar-refractivity contribution is 7.13. The fourth-order valence-electron chi connectivity index (χ4n) is 2.84. The molecule has 8 nitrogen and oxygen atoms in total. The minimum Gasteiger partial charge on any atom is -0.476 e. The van der Waals surface area contributed by atoms with E-state index in [4.69, 9.17) is 0 Å². The van der Waals surface area contributed by atoms with E-state index in [0.29, 0.717) is 36.6 Å². The summed E-state index contributed by atoms with van der Waals surface area (Å²) >= 11 is 1.37. The Labute approximate surface area is 136 Å². The van der Waals surface area contributed by atoms with Crippen molar-refractivity contribution in [3.63, 3.8) is 0 Å². The van der Waals surface area contributed by atoms with Crippen molar-refractivity contribution in [2.45, 2.75) is 32.4 Å². The van der Waals surface area contributed by atoms with Crippen LogP contribution in [0.15, 0.2) is 11.6 Å². The first-order valence-electron chi connectivity index (χ1n) is 7.34. The van der Waals surface area contributed by atoms with E-state index in [-0.39, 0.29) is 17.6 Å². The van der Waals surface area contributed by atoms with Crippen LogP contribution in [-0.2, 0) is 17.8 Å². The van der Waals surface area contributed by atoms with Crippen LogP contribution in [0, 0.1) is 0 Å². The smallest absolute Gasteiger partial charge is 0.356 e. The van der Waals surface area contributed by atoms with E-state index in [1.165, 1.54) is 11.3 Å². The summed E-state index contributed by atoms with van der Waals surface area (Å²) in [6, 6.07) is -0.330. The largest absolute Gasteiger partial charge is 0.476 e. The van der Waals surface area contributed by atoms with Crippen LogP contribution >= 0.6 is 11.3 Å². The van der Waals surface area contributed by atoms with Gasteiger partial charge in [0, 0.05) is 42.3 Å². The number of anilines is 1. The molecule has 0 aliphatic carbocycles. The number of fused-ring (bicyclic) bond motifs is 1. The summed E-state index contributed by atoms with van der Waals surface area (Å²) in [4.78, 5) is 29.8.